The Morgan fingerprint density at radius 1 is 1.28 bits per heavy atom. The number of sulfonamides is 1. The number of fused-ring (bicyclic) bond motifs is 1. The topological polar surface area (TPSA) is 98.7 Å². The zero-order chi connectivity index (χ0) is 18.1. The highest BCUT2D eigenvalue weighted by Gasteiger charge is 2.46. The van der Waals surface area contributed by atoms with E-state index in [1.165, 1.54) is 10.6 Å². The molecule has 1 aromatic rings. The first-order chi connectivity index (χ1) is 11.8. The van der Waals surface area contributed by atoms with Crippen LogP contribution in [0.2, 0.25) is 0 Å². The van der Waals surface area contributed by atoms with Crippen molar-refractivity contribution < 1.29 is 13.5 Å². The number of hydrogen-bond acceptors (Lipinski definition) is 7. The molecule has 0 unspecified atom stereocenters. The van der Waals surface area contributed by atoms with E-state index in [4.69, 9.17) is 0 Å². The fourth-order valence-electron chi connectivity index (χ4n) is 3.73. The number of likely N-dealkylation sites (tertiary alicyclic amines) is 1. The normalized spacial score (nSPS) is 28.5. The molecule has 0 saturated carbocycles. The van der Waals surface area contributed by atoms with Gasteiger partial charge in [0.05, 0.1) is 11.9 Å². The van der Waals surface area contributed by atoms with Gasteiger partial charge in [-0.1, -0.05) is 0 Å². The Balaban J connectivity index is 1.64. The summed E-state index contributed by atoms with van der Waals surface area (Å²) in [4.78, 5) is 10.8. The summed E-state index contributed by atoms with van der Waals surface area (Å²) in [7, 11) is -3.21. The standard InChI is InChI=1S/C16H27N5O3S/c1-3-17-15-18-8-13(9-19-15)10-20-6-4-16(22)5-7-21(25(2,23)24)12-14(16)11-20/h8-9,14,22H,3-7,10-12H2,1-2H3,(H,17,18,19)/t14-,16-/m1/s1. The van der Waals surface area contributed by atoms with E-state index in [1.54, 1.807) is 0 Å². The van der Waals surface area contributed by atoms with Crippen molar-refractivity contribution in [2.45, 2.75) is 31.9 Å². The van der Waals surface area contributed by atoms with Gasteiger partial charge in [-0.05, 0) is 19.8 Å². The first-order valence-electron chi connectivity index (χ1n) is 8.75. The number of rotatable bonds is 5. The fourth-order valence-corrected chi connectivity index (χ4v) is 4.60. The predicted octanol–water partition coefficient (Wildman–Crippen LogP) is 0.127. The highest BCUT2D eigenvalue weighted by molar-refractivity contribution is 7.88. The fraction of sp³-hybridized carbons (Fsp3) is 0.750. The van der Waals surface area contributed by atoms with Gasteiger partial charge in [-0.15, -0.1) is 0 Å². The van der Waals surface area contributed by atoms with Gasteiger partial charge in [0.1, 0.15) is 0 Å². The maximum absolute atomic E-state index is 11.8. The molecule has 0 aliphatic carbocycles. The van der Waals surface area contributed by atoms with E-state index in [0.717, 1.165) is 18.7 Å². The third-order valence-electron chi connectivity index (χ3n) is 5.23. The summed E-state index contributed by atoms with van der Waals surface area (Å²) in [5.41, 5.74) is 0.270. The number of nitrogens with zero attached hydrogens (tertiary/aromatic N) is 4. The van der Waals surface area contributed by atoms with Crippen molar-refractivity contribution in [2.75, 3.05) is 44.3 Å². The SMILES string of the molecule is CCNc1ncc(CN2CC[C@@]3(O)CCN(S(C)(=O)=O)C[C@H]3C2)cn1. The van der Waals surface area contributed by atoms with Crippen LogP contribution in [-0.4, -0.2) is 77.3 Å². The molecular weight excluding hydrogens is 342 g/mol. The lowest BCUT2D eigenvalue weighted by atomic mass is 9.76. The first-order valence-corrected chi connectivity index (χ1v) is 10.6. The highest BCUT2D eigenvalue weighted by Crippen LogP contribution is 2.36. The summed E-state index contributed by atoms with van der Waals surface area (Å²) in [5, 5.41) is 13.9. The second-order valence-electron chi connectivity index (χ2n) is 7.10. The number of anilines is 1. The molecule has 0 spiro atoms. The van der Waals surface area contributed by atoms with Crippen LogP contribution in [0.3, 0.4) is 0 Å². The van der Waals surface area contributed by atoms with Gasteiger partial charge < -0.3 is 10.4 Å². The number of aliphatic hydroxyl groups is 1. The van der Waals surface area contributed by atoms with Crippen LogP contribution in [-0.2, 0) is 16.6 Å². The third kappa shape index (κ3) is 4.28. The summed E-state index contributed by atoms with van der Waals surface area (Å²) >= 11 is 0. The Hall–Kier alpha value is -1.29. The van der Waals surface area contributed by atoms with Crippen molar-refractivity contribution in [1.82, 2.24) is 19.2 Å². The molecule has 2 saturated heterocycles. The second kappa shape index (κ2) is 7.14. The van der Waals surface area contributed by atoms with Crippen LogP contribution in [0.1, 0.15) is 25.3 Å². The van der Waals surface area contributed by atoms with E-state index >= 15 is 0 Å². The van der Waals surface area contributed by atoms with Gasteiger partial charge in [-0.25, -0.2) is 22.7 Å². The Morgan fingerprint density at radius 3 is 2.60 bits per heavy atom. The number of aromatic nitrogens is 2. The van der Waals surface area contributed by atoms with Gasteiger partial charge in [0.15, 0.2) is 0 Å². The first kappa shape index (κ1) is 18.5. The summed E-state index contributed by atoms with van der Waals surface area (Å²) in [6.45, 7) is 5.75. The van der Waals surface area contributed by atoms with E-state index in [0.29, 0.717) is 45.0 Å². The summed E-state index contributed by atoms with van der Waals surface area (Å²) in [6, 6.07) is 0. The largest absolute Gasteiger partial charge is 0.389 e. The summed E-state index contributed by atoms with van der Waals surface area (Å²) in [6.07, 6.45) is 6.05. The molecule has 9 heteroatoms. The number of nitrogens with one attached hydrogen (secondary N) is 1. The lowest BCUT2D eigenvalue weighted by Crippen LogP contribution is -2.60. The molecule has 1 aromatic heterocycles. The number of piperidine rings is 2. The second-order valence-corrected chi connectivity index (χ2v) is 9.08. The molecule has 2 fully saturated rings. The Labute approximate surface area is 149 Å². The monoisotopic (exact) mass is 369 g/mol. The van der Waals surface area contributed by atoms with Crippen LogP contribution in [0.4, 0.5) is 5.95 Å². The molecule has 2 aliphatic rings. The molecule has 0 bridgehead atoms. The summed E-state index contributed by atoms with van der Waals surface area (Å²) in [5.74, 6) is 0.557. The zero-order valence-corrected chi connectivity index (χ0v) is 15.7. The molecule has 25 heavy (non-hydrogen) atoms. The van der Waals surface area contributed by atoms with Crippen LogP contribution in [0.5, 0.6) is 0 Å². The van der Waals surface area contributed by atoms with Crippen molar-refractivity contribution in [2.24, 2.45) is 5.92 Å². The molecule has 3 heterocycles. The third-order valence-corrected chi connectivity index (χ3v) is 6.50. The quantitative estimate of drug-likeness (QED) is 0.761. The minimum absolute atomic E-state index is 0.0633. The van der Waals surface area contributed by atoms with Gasteiger partial charge in [0, 0.05) is 63.1 Å². The Morgan fingerprint density at radius 2 is 1.96 bits per heavy atom. The van der Waals surface area contributed by atoms with Crippen LogP contribution in [0.15, 0.2) is 12.4 Å². The molecular formula is C16H27N5O3S. The Bertz CT molecular complexity index is 696. The molecule has 2 aliphatic heterocycles. The van der Waals surface area contributed by atoms with Crippen molar-refractivity contribution in [1.29, 1.82) is 0 Å². The van der Waals surface area contributed by atoms with E-state index in [-0.39, 0.29) is 5.92 Å². The lowest BCUT2D eigenvalue weighted by molar-refractivity contribution is -0.103. The molecule has 2 N–H and O–H groups in total. The zero-order valence-electron chi connectivity index (χ0n) is 14.8. The minimum Gasteiger partial charge on any atom is -0.389 e. The smallest absolute Gasteiger partial charge is 0.222 e. The predicted molar refractivity (Wildman–Crippen MR) is 95.6 cm³/mol. The molecule has 0 aromatic carbocycles. The van der Waals surface area contributed by atoms with Crippen molar-refractivity contribution in [3.05, 3.63) is 18.0 Å². The van der Waals surface area contributed by atoms with Crippen LogP contribution >= 0.6 is 0 Å². The molecule has 140 valence electrons. The van der Waals surface area contributed by atoms with Gasteiger partial charge in [-0.2, -0.15) is 0 Å². The highest BCUT2D eigenvalue weighted by atomic mass is 32.2. The van der Waals surface area contributed by atoms with Crippen LogP contribution in [0, 0.1) is 5.92 Å². The van der Waals surface area contributed by atoms with Gasteiger partial charge in [0.2, 0.25) is 16.0 Å². The maximum Gasteiger partial charge on any atom is 0.222 e. The van der Waals surface area contributed by atoms with E-state index in [9.17, 15) is 13.5 Å². The molecule has 8 nitrogen and oxygen atoms in total. The molecule has 2 atom stereocenters. The van der Waals surface area contributed by atoms with Crippen molar-refractivity contribution in [3.8, 4) is 0 Å². The average molecular weight is 369 g/mol. The molecule has 0 radical (unpaired) electrons. The van der Waals surface area contributed by atoms with Crippen LogP contribution < -0.4 is 5.32 Å². The van der Waals surface area contributed by atoms with Crippen LogP contribution in [0.25, 0.3) is 0 Å². The lowest BCUT2D eigenvalue weighted by Gasteiger charge is -2.49. The maximum atomic E-state index is 11.8. The van der Waals surface area contributed by atoms with Crippen molar-refractivity contribution >= 4 is 16.0 Å². The van der Waals surface area contributed by atoms with E-state index in [1.807, 2.05) is 19.3 Å². The van der Waals surface area contributed by atoms with Gasteiger partial charge >= 0.3 is 0 Å². The van der Waals surface area contributed by atoms with Crippen molar-refractivity contribution in [3.63, 3.8) is 0 Å². The average Bonchev–Trinajstić information content (AvgIpc) is 2.56. The molecule has 3 rings (SSSR count). The van der Waals surface area contributed by atoms with Gasteiger partial charge in [0.25, 0.3) is 0 Å². The van der Waals surface area contributed by atoms with Gasteiger partial charge in [-0.3, -0.25) is 4.90 Å². The Kier molecular flexibility index (Phi) is 5.29. The van der Waals surface area contributed by atoms with E-state index in [2.05, 4.69) is 20.2 Å². The molecule has 0 amide bonds. The number of hydrogen-bond donors (Lipinski definition) is 2. The van der Waals surface area contributed by atoms with E-state index < -0.39 is 15.6 Å². The minimum atomic E-state index is -3.21. The summed E-state index contributed by atoms with van der Waals surface area (Å²) < 4.78 is 25.2.